The van der Waals surface area contributed by atoms with E-state index in [9.17, 15) is 4.79 Å². The van der Waals surface area contributed by atoms with Crippen LogP contribution < -0.4 is 5.73 Å². The highest BCUT2D eigenvalue weighted by Crippen LogP contribution is 2.46. The maximum Gasteiger partial charge on any atom is 0.230 e. The number of carbonyl (C=O) groups excluding carboxylic acids is 1. The van der Waals surface area contributed by atoms with Crippen LogP contribution in [0.15, 0.2) is 24.3 Å². The first-order chi connectivity index (χ1) is 9.14. The largest absolute Gasteiger partial charge is 0.338 e. The predicted molar refractivity (Wildman–Crippen MR) is 76.8 cm³/mol. The van der Waals surface area contributed by atoms with E-state index in [1.807, 2.05) is 25.2 Å². The number of para-hydroxylation sites is 1. The summed E-state index contributed by atoms with van der Waals surface area (Å²) in [5, 5.41) is 0.977. The fourth-order valence-electron chi connectivity index (χ4n) is 2.32. The van der Waals surface area contributed by atoms with Crippen molar-refractivity contribution in [2.75, 3.05) is 13.6 Å². The second-order valence-corrected chi connectivity index (χ2v) is 6.34. The summed E-state index contributed by atoms with van der Waals surface area (Å²) in [5.41, 5.74) is 6.43. The maximum absolute atomic E-state index is 12.3. The number of aromatic nitrogens is 1. The van der Waals surface area contributed by atoms with Crippen molar-refractivity contribution in [3.8, 4) is 0 Å². The number of amides is 1. The Labute approximate surface area is 116 Å². The average Bonchev–Trinajstić information content (AvgIpc) is 3.11. The van der Waals surface area contributed by atoms with Crippen molar-refractivity contribution in [1.82, 2.24) is 9.88 Å². The van der Waals surface area contributed by atoms with Crippen LogP contribution in [0.4, 0.5) is 0 Å². The van der Waals surface area contributed by atoms with Crippen molar-refractivity contribution in [2.24, 2.45) is 11.1 Å². The average molecular weight is 275 g/mol. The molecule has 19 heavy (non-hydrogen) atoms. The summed E-state index contributed by atoms with van der Waals surface area (Å²) in [4.78, 5) is 18.6. The molecule has 0 saturated heterocycles. The van der Waals surface area contributed by atoms with Gasteiger partial charge in [-0.25, -0.2) is 4.98 Å². The second kappa shape index (κ2) is 4.58. The van der Waals surface area contributed by atoms with Crippen LogP contribution in [0.25, 0.3) is 10.2 Å². The lowest BCUT2D eigenvalue weighted by Gasteiger charge is -2.21. The highest BCUT2D eigenvalue weighted by molar-refractivity contribution is 7.18. The second-order valence-electron chi connectivity index (χ2n) is 5.22. The van der Waals surface area contributed by atoms with E-state index in [0.29, 0.717) is 13.1 Å². The Morgan fingerprint density at radius 1 is 1.47 bits per heavy atom. The number of fused-ring (bicyclic) bond motifs is 1. The minimum atomic E-state index is -0.272. The summed E-state index contributed by atoms with van der Waals surface area (Å²) in [6, 6.07) is 8.04. The van der Waals surface area contributed by atoms with E-state index in [1.54, 1.807) is 16.2 Å². The van der Waals surface area contributed by atoms with Crippen LogP contribution in [0.3, 0.4) is 0 Å². The number of hydrogen-bond acceptors (Lipinski definition) is 4. The molecule has 1 amide bonds. The molecule has 0 bridgehead atoms. The number of thiazole rings is 1. The van der Waals surface area contributed by atoms with Gasteiger partial charge in [0, 0.05) is 13.6 Å². The van der Waals surface area contributed by atoms with E-state index in [1.165, 1.54) is 4.70 Å². The summed E-state index contributed by atoms with van der Waals surface area (Å²) in [6.07, 6.45) is 1.85. The maximum atomic E-state index is 12.3. The third kappa shape index (κ3) is 2.24. The van der Waals surface area contributed by atoms with Gasteiger partial charge < -0.3 is 10.6 Å². The third-order valence-corrected chi connectivity index (χ3v) is 4.78. The van der Waals surface area contributed by atoms with Gasteiger partial charge in [0.2, 0.25) is 5.91 Å². The molecule has 1 saturated carbocycles. The molecule has 0 aliphatic heterocycles. The molecule has 1 aromatic carbocycles. The zero-order valence-electron chi connectivity index (χ0n) is 10.9. The number of rotatable bonds is 4. The zero-order chi connectivity index (χ0) is 13.5. The van der Waals surface area contributed by atoms with Crippen molar-refractivity contribution < 1.29 is 4.79 Å². The molecule has 5 heteroatoms. The molecule has 1 aromatic heterocycles. The van der Waals surface area contributed by atoms with Gasteiger partial charge in [-0.2, -0.15) is 0 Å². The summed E-state index contributed by atoms with van der Waals surface area (Å²) in [6.45, 7) is 1.02. The number of nitrogens with two attached hydrogens (primary N) is 1. The van der Waals surface area contributed by atoms with Crippen LogP contribution in [0, 0.1) is 5.41 Å². The first-order valence-corrected chi connectivity index (χ1v) is 7.26. The molecule has 1 fully saturated rings. The fraction of sp³-hybridized carbons (Fsp3) is 0.429. The molecule has 100 valence electrons. The third-order valence-electron chi connectivity index (χ3n) is 3.76. The minimum Gasteiger partial charge on any atom is -0.338 e. The van der Waals surface area contributed by atoms with Crippen LogP contribution in [0.5, 0.6) is 0 Å². The van der Waals surface area contributed by atoms with E-state index in [-0.39, 0.29) is 11.3 Å². The normalized spacial score (nSPS) is 16.5. The van der Waals surface area contributed by atoms with Gasteiger partial charge in [-0.05, 0) is 25.0 Å². The van der Waals surface area contributed by atoms with Gasteiger partial charge in [0.15, 0.2) is 0 Å². The van der Waals surface area contributed by atoms with Crippen LogP contribution in [0.1, 0.15) is 17.8 Å². The molecule has 3 rings (SSSR count). The number of nitrogens with zero attached hydrogens (tertiary/aromatic N) is 2. The van der Waals surface area contributed by atoms with E-state index in [4.69, 9.17) is 5.73 Å². The van der Waals surface area contributed by atoms with Gasteiger partial charge in [-0.3, -0.25) is 4.79 Å². The summed E-state index contributed by atoms with van der Waals surface area (Å²) >= 11 is 1.65. The first kappa shape index (κ1) is 12.6. The molecular weight excluding hydrogens is 258 g/mol. The number of carbonyl (C=O) groups is 1. The highest BCUT2D eigenvalue weighted by Gasteiger charge is 2.49. The van der Waals surface area contributed by atoms with Crippen molar-refractivity contribution in [1.29, 1.82) is 0 Å². The lowest BCUT2D eigenvalue weighted by atomic mass is 10.1. The molecule has 1 aliphatic carbocycles. The minimum absolute atomic E-state index is 0.161. The smallest absolute Gasteiger partial charge is 0.230 e. The van der Waals surface area contributed by atoms with Gasteiger partial charge in [-0.15, -0.1) is 11.3 Å². The first-order valence-electron chi connectivity index (χ1n) is 6.45. The van der Waals surface area contributed by atoms with E-state index in [0.717, 1.165) is 23.4 Å². The topological polar surface area (TPSA) is 59.2 Å². The van der Waals surface area contributed by atoms with Crippen molar-refractivity contribution in [3.63, 3.8) is 0 Å². The molecule has 4 nitrogen and oxygen atoms in total. The molecule has 2 N–H and O–H groups in total. The van der Waals surface area contributed by atoms with E-state index in [2.05, 4.69) is 11.1 Å². The number of hydrogen-bond donors (Lipinski definition) is 1. The van der Waals surface area contributed by atoms with Gasteiger partial charge >= 0.3 is 0 Å². The van der Waals surface area contributed by atoms with E-state index >= 15 is 0 Å². The SMILES string of the molecule is CN(Cc1nc2ccccc2s1)C(=O)C1(CN)CC1. The molecule has 2 aromatic rings. The summed E-state index contributed by atoms with van der Waals surface area (Å²) in [7, 11) is 1.84. The Morgan fingerprint density at radius 3 is 2.84 bits per heavy atom. The molecule has 1 aliphatic rings. The molecule has 0 atom stereocenters. The van der Waals surface area contributed by atoms with Gasteiger partial charge in [-0.1, -0.05) is 12.1 Å². The van der Waals surface area contributed by atoms with Gasteiger partial charge in [0.25, 0.3) is 0 Å². The van der Waals surface area contributed by atoms with Gasteiger partial charge in [0.05, 0.1) is 22.2 Å². The fourth-order valence-corrected chi connectivity index (χ4v) is 3.34. The lowest BCUT2D eigenvalue weighted by molar-refractivity contribution is -0.135. The Balaban J connectivity index is 1.75. The highest BCUT2D eigenvalue weighted by atomic mass is 32.1. The Kier molecular flexibility index (Phi) is 3.03. The molecular formula is C14H17N3OS. The standard InChI is InChI=1S/C14H17N3OS/c1-17(13(18)14(9-15)6-7-14)8-12-16-10-4-2-3-5-11(10)19-12/h2-5H,6-9,15H2,1H3. The Morgan fingerprint density at radius 2 is 2.21 bits per heavy atom. The zero-order valence-corrected chi connectivity index (χ0v) is 11.7. The van der Waals surface area contributed by atoms with Crippen LogP contribution in [-0.4, -0.2) is 29.4 Å². The van der Waals surface area contributed by atoms with Crippen molar-refractivity contribution >= 4 is 27.5 Å². The molecule has 1 heterocycles. The molecule has 0 radical (unpaired) electrons. The summed E-state index contributed by atoms with van der Waals surface area (Å²) in [5.74, 6) is 0.161. The quantitative estimate of drug-likeness (QED) is 0.928. The van der Waals surface area contributed by atoms with Crippen LogP contribution in [-0.2, 0) is 11.3 Å². The van der Waals surface area contributed by atoms with Crippen LogP contribution in [0.2, 0.25) is 0 Å². The molecule has 0 spiro atoms. The summed E-state index contributed by atoms with van der Waals surface area (Å²) < 4.78 is 1.17. The number of benzene rings is 1. The van der Waals surface area contributed by atoms with Crippen LogP contribution >= 0.6 is 11.3 Å². The Bertz CT molecular complexity index is 585. The van der Waals surface area contributed by atoms with E-state index < -0.39 is 0 Å². The predicted octanol–water partition coefficient (Wildman–Crippen LogP) is 1.99. The Hall–Kier alpha value is -1.46. The monoisotopic (exact) mass is 275 g/mol. The molecule has 0 unspecified atom stereocenters. The van der Waals surface area contributed by atoms with Gasteiger partial charge in [0.1, 0.15) is 5.01 Å². The van der Waals surface area contributed by atoms with Crippen molar-refractivity contribution in [3.05, 3.63) is 29.3 Å². The van der Waals surface area contributed by atoms with Crippen molar-refractivity contribution in [2.45, 2.75) is 19.4 Å². The lowest BCUT2D eigenvalue weighted by Crippen LogP contribution is -2.37.